The Hall–Kier alpha value is -2.99. The molecule has 0 spiro atoms. The number of likely N-dealkylation sites (tertiary alicyclic amines) is 1. The highest BCUT2D eigenvalue weighted by Crippen LogP contribution is 2.34. The van der Waals surface area contributed by atoms with Crippen LogP contribution in [0, 0.1) is 11.3 Å². The van der Waals surface area contributed by atoms with E-state index in [-0.39, 0.29) is 11.4 Å². The van der Waals surface area contributed by atoms with Crippen LogP contribution >= 0.6 is 0 Å². The van der Waals surface area contributed by atoms with Crippen LogP contribution in [0.3, 0.4) is 0 Å². The molecule has 2 aliphatic rings. The highest BCUT2D eigenvalue weighted by Gasteiger charge is 2.33. The molecule has 3 N–H and O–H groups in total. The van der Waals surface area contributed by atoms with Gasteiger partial charge >= 0.3 is 0 Å². The van der Waals surface area contributed by atoms with Crippen molar-refractivity contribution in [1.82, 2.24) is 14.5 Å². The monoisotopic (exact) mass is 471 g/mol. The summed E-state index contributed by atoms with van der Waals surface area (Å²) >= 11 is 0. The number of nitrogens with zero attached hydrogens (tertiary/aromatic N) is 3. The fraction of sp³-hybridized carbons (Fsp3) is 0.483. The summed E-state index contributed by atoms with van der Waals surface area (Å²) in [5, 5.41) is 7.78. The van der Waals surface area contributed by atoms with Crippen LogP contribution in [-0.2, 0) is 6.54 Å². The number of aromatic nitrogens is 2. The van der Waals surface area contributed by atoms with Gasteiger partial charge in [-0.1, -0.05) is 36.8 Å². The highest BCUT2D eigenvalue weighted by molar-refractivity contribution is 5.96. The van der Waals surface area contributed by atoms with Crippen molar-refractivity contribution in [3.8, 4) is 11.3 Å². The molecule has 6 heteroatoms. The average molecular weight is 472 g/mol. The Labute approximate surface area is 207 Å². The Kier molecular flexibility index (Phi) is 6.74. The normalized spacial score (nSPS) is 25.5. The van der Waals surface area contributed by atoms with E-state index in [2.05, 4.69) is 18.7 Å². The molecule has 1 saturated carbocycles. The maximum absolute atomic E-state index is 13.7. The Bertz CT molecular complexity index is 1260. The van der Waals surface area contributed by atoms with Crippen molar-refractivity contribution >= 4 is 16.9 Å². The second kappa shape index (κ2) is 9.94. The van der Waals surface area contributed by atoms with E-state index in [1.165, 1.54) is 32.1 Å². The minimum absolute atomic E-state index is 0.0120. The van der Waals surface area contributed by atoms with Gasteiger partial charge in [0, 0.05) is 35.8 Å². The van der Waals surface area contributed by atoms with Crippen LogP contribution in [-0.4, -0.2) is 38.4 Å². The van der Waals surface area contributed by atoms with E-state index < -0.39 is 0 Å². The first kappa shape index (κ1) is 23.7. The Balaban J connectivity index is 1.42. The number of hydrogen-bond acceptors (Lipinski definition) is 4. The lowest BCUT2D eigenvalue weighted by Crippen LogP contribution is -2.51. The number of benzene rings is 2. The molecule has 3 aromatic rings. The van der Waals surface area contributed by atoms with Gasteiger partial charge in [0.2, 0.25) is 0 Å². The smallest absolute Gasteiger partial charge is 0.277 e. The number of nitrogens with two attached hydrogens (primary N) is 1. The van der Waals surface area contributed by atoms with Crippen LogP contribution in [0.2, 0.25) is 0 Å². The summed E-state index contributed by atoms with van der Waals surface area (Å²) in [6, 6.07) is 17.2. The van der Waals surface area contributed by atoms with Gasteiger partial charge in [-0.3, -0.25) is 15.1 Å². The molecule has 1 aromatic heterocycles. The summed E-state index contributed by atoms with van der Waals surface area (Å²) in [5.41, 5.74) is 9.08. The Morgan fingerprint density at radius 2 is 1.71 bits per heavy atom. The van der Waals surface area contributed by atoms with Crippen molar-refractivity contribution in [2.24, 2.45) is 11.7 Å². The van der Waals surface area contributed by atoms with E-state index in [0.29, 0.717) is 40.9 Å². The molecule has 6 nitrogen and oxygen atoms in total. The number of para-hydroxylation sites is 2. The third-order valence-electron chi connectivity index (χ3n) is 8.24. The predicted octanol–water partition coefficient (Wildman–Crippen LogP) is 5.17. The van der Waals surface area contributed by atoms with Crippen LogP contribution in [0.5, 0.6) is 0 Å². The van der Waals surface area contributed by atoms with Gasteiger partial charge in [0.15, 0.2) is 0 Å². The van der Waals surface area contributed by atoms with Gasteiger partial charge in [0.25, 0.3) is 5.56 Å². The van der Waals surface area contributed by atoms with Gasteiger partial charge in [0.05, 0.1) is 11.0 Å². The van der Waals surface area contributed by atoms with E-state index in [4.69, 9.17) is 16.1 Å². The molecule has 1 aliphatic carbocycles. The molecule has 2 heterocycles. The van der Waals surface area contributed by atoms with Crippen molar-refractivity contribution in [1.29, 1.82) is 5.41 Å². The van der Waals surface area contributed by atoms with Crippen molar-refractivity contribution in [2.45, 2.75) is 83.5 Å². The Morgan fingerprint density at radius 3 is 2.43 bits per heavy atom. The van der Waals surface area contributed by atoms with Gasteiger partial charge in [0.1, 0.15) is 11.5 Å². The summed E-state index contributed by atoms with van der Waals surface area (Å²) in [4.78, 5) is 21.3. The van der Waals surface area contributed by atoms with Crippen LogP contribution in [0.15, 0.2) is 53.3 Å². The van der Waals surface area contributed by atoms with Gasteiger partial charge in [-0.2, -0.15) is 0 Å². The van der Waals surface area contributed by atoms with E-state index >= 15 is 0 Å². The first-order valence-electron chi connectivity index (χ1n) is 13.1. The molecular formula is C29H37N5O. The largest absolute Gasteiger partial charge is 0.384 e. The predicted molar refractivity (Wildman–Crippen MR) is 143 cm³/mol. The molecule has 2 atom stereocenters. The molecule has 0 bridgehead atoms. The number of rotatable bonds is 5. The zero-order valence-electron chi connectivity index (χ0n) is 20.9. The van der Waals surface area contributed by atoms with Gasteiger partial charge in [-0.25, -0.2) is 4.98 Å². The van der Waals surface area contributed by atoms with Crippen LogP contribution in [0.25, 0.3) is 22.3 Å². The number of hydrogen-bond donors (Lipinski definition) is 2. The van der Waals surface area contributed by atoms with E-state index in [9.17, 15) is 4.79 Å². The topological polar surface area (TPSA) is 88.0 Å². The zero-order valence-corrected chi connectivity index (χ0v) is 20.9. The molecule has 5 rings (SSSR count). The molecule has 0 unspecified atom stereocenters. The fourth-order valence-electron chi connectivity index (χ4n) is 6.44. The van der Waals surface area contributed by atoms with Crippen LogP contribution in [0.1, 0.15) is 64.4 Å². The SMILES string of the molecule is C[C@@H]1CCC[C@H](C)N1C1CCC(Cn2c(=O)c(-c3cccc(C(=N)N)c3)nc3ccccc32)CC1. The molecule has 2 fully saturated rings. The lowest BCUT2D eigenvalue weighted by molar-refractivity contribution is 0.0284. The van der Waals surface area contributed by atoms with Crippen molar-refractivity contribution < 1.29 is 0 Å². The van der Waals surface area contributed by atoms with E-state index in [1.54, 1.807) is 12.1 Å². The molecule has 0 radical (unpaired) electrons. The maximum Gasteiger partial charge on any atom is 0.277 e. The summed E-state index contributed by atoms with van der Waals surface area (Å²) in [5.74, 6) is 0.476. The van der Waals surface area contributed by atoms with Crippen LogP contribution < -0.4 is 11.3 Å². The van der Waals surface area contributed by atoms with E-state index in [1.807, 2.05) is 41.0 Å². The third kappa shape index (κ3) is 4.76. The third-order valence-corrected chi connectivity index (χ3v) is 8.24. The molecule has 2 aromatic carbocycles. The minimum atomic E-state index is -0.0650. The van der Waals surface area contributed by atoms with Crippen molar-refractivity contribution in [2.75, 3.05) is 0 Å². The lowest BCUT2D eigenvalue weighted by atomic mass is 9.82. The van der Waals surface area contributed by atoms with Gasteiger partial charge < -0.3 is 10.3 Å². The van der Waals surface area contributed by atoms with Gasteiger partial charge in [-0.05, 0) is 76.5 Å². The highest BCUT2D eigenvalue weighted by atomic mass is 16.1. The molecule has 0 amide bonds. The molecule has 1 aliphatic heterocycles. The minimum Gasteiger partial charge on any atom is -0.384 e. The average Bonchev–Trinajstić information content (AvgIpc) is 2.86. The summed E-state index contributed by atoms with van der Waals surface area (Å²) in [7, 11) is 0. The molecule has 184 valence electrons. The fourth-order valence-corrected chi connectivity index (χ4v) is 6.44. The summed E-state index contributed by atoms with van der Waals surface area (Å²) in [6.45, 7) is 5.51. The molecule has 35 heavy (non-hydrogen) atoms. The van der Waals surface area contributed by atoms with Crippen LogP contribution in [0.4, 0.5) is 0 Å². The quantitative estimate of drug-likeness (QED) is 0.397. The standard InChI is InChI=1S/C29H37N5O/c1-19-7-5-8-20(2)34(19)24-15-13-21(14-16-24)18-33-26-12-4-3-11-25(26)32-27(29(33)35)22-9-6-10-23(17-22)28(30)31/h3-4,6,9-12,17,19-21,24H,5,7-8,13-16,18H2,1-2H3,(H3,30,31)/t19-,20+,21?,24?. The first-order valence-corrected chi connectivity index (χ1v) is 13.1. The van der Waals surface area contributed by atoms with Crippen molar-refractivity contribution in [3.63, 3.8) is 0 Å². The number of piperidine rings is 1. The molecular weight excluding hydrogens is 434 g/mol. The number of nitrogen functional groups attached to an aromatic ring is 1. The second-order valence-corrected chi connectivity index (χ2v) is 10.6. The Morgan fingerprint density at radius 1 is 1.00 bits per heavy atom. The van der Waals surface area contributed by atoms with Crippen molar-refractivity contribution in [3.05, 3.63) is 64.4 Å². The number of fused-ring (bicyclic) bond motifs is 1. The lowest BCUT2D eigenvalue weighted by Gasteiger charge is -2.46. The summed E-state index contributed by atoms with van der Waals surface area (Å²) in [6.07, 6.45) is 8.71. The molecule has 1 saturated heterocycles. The zero-order chi connectivity index (χ0) is 24.5. The van der Waals surface area contributed by atoms with Gasteiger partial charge in [-0.15, -0.1) is 0 Å². The maximum atomic E-state index is 13.7. The number of nitrogens with one attached hydrogen (secondary N) is 1. The van der Waals surface area contributed by atoms with E-state index in [0.717, 1.165) is 30.4 Å². The number of amidine groups is 1. The summed E-state index contributed by atoms with van der Waals surface area (Å²) < 4.78 is 1.94. The first-order chi connectivity index (χ1) is 16.9. The second-order valence-electron chi connectivity index (χ2n) is 10.6.